The molecule has 1 fully saturated rings. The molecule has 1 aromatic heterocycles. The highest BCUT2D eigenvalue weighted by molar-refractivity contribution is 5.44. The largest absolute Gasteiger partial charge is 0.375 e. The Morgan fingerprint density at radius 2 is 2.44 bits per heavy atom. The van der Waals surface area contributed by atoms with E-state index in [0.29, 0.717) is 31.5 Å². The number of rotatable bonds is 2. The van der Waals surface area contributed by atoms with Gasteiger partial charge in [-0.25, -0.2) is 9.37 Å². The van der Waals surface area contributed by atoms with Crippen molar-refractivity contribution in [1.82, 2.24) is 9.97 Å². The fraction of sp³-hybridized carbons (Fsp3) is 0.600. The molecular formula is C10H15FN4O. The fourth-order valence-electron chi connectivity index (χ4n) is 1.71. The Morgan fingerprint density at radius 1 is 1.62 bits per heavy atom. The van der Waals surface area contributed by atoms with E-state index in [1.54, 1.807) is 7.05 Å². The molecular weight excluding hydrogens is 211 g/mol. The van der Waals surface area contributed by atoms with E-state index in [2.05, 4.69) is 15.3 Å². The Hall–Kier alpha value is -1.43. The van der Waals surface area contributed by atoms with Gasteiger partial charge in [-0.15, -0.1) is 0 Å². The molecule has 1 saturated heterocycles. The molecule has 1 aromatic rings. The first-order valence-electron chi connectivity index (χ1n) is 5.27. The SMILES string of the molecule is CNc1ncc(F)c(N2CCOC(C)C2)n1. The van der Waals surface area contributed by atoms with Crippen LogP contribution in [-0.4, -0.2) is 42.8 Å². The van der Waals surface area contributed by atoms with E-state index in [1.165, 1.54) is 6.20 Å². The zero-order valence-corrected chi connectivity index (χ0v) is 9.40. The van der Waals surface area contributed by atoms with Gasteiger partial charge in [0.15, 0.2) is 11.6 Å². The van der Waals surface area contributed by atoms with Crippen LogP contribution in [0.3, 0.4) is 0 Å². The second-order valence-corrected chi connectivity index (χ2v) is 3.74. The van der Waals surface area contributed by atoms with E-state index in [4.69, 9.17) is 4.74 Å². The lowest BCUT2D eigenvalue weighted by atomic mass is 10.3. The van der Waals surface area contributed by atoms with Crippen LogP contribution in [0.25, 0.3) is 0 Å². The number of anilines is 2. The number of hydrogen-bond donors (Lipinski definition) is 1. The van der Waals surface area contributed by atoms with Crippen LogP contribution in [0, 0.1) is 5.82 Å². The number of hydrogen-bond acceptors (Lipinski definition) is 5. The van der Waals surface area contributed by atoms with Gasteiger partial charge in [0.1, 0.15) is 0 Å². The number of nitrogens with zero attached hydrogens (tertiary/aromatic N) is 3. The van der Waals surface area contributed by atoms with Crippen molar-refractivity contribution in [3.63, 3.8) is 0 Å². The van der Waals surface area contributed by atoms with Crippen LogP contribution >= 0.6 is 0 Å². The first kappa shape index (κ1) is 11.1. The summed E-state index contributed by atoms with van der Waals surface area (Å²) < 4.78 is 19.0. The minimum atomic E-state index is -0.395. The van der Waals surface area contributed by atoms with Crippen molar-refractivity contribution in [2.24, 2.45) is 0 Å². The third-order valence-electron chi connectivity index (χ3n) is 2.49. The van der Waals surface area contributed by atoms with Crippen LogP contribution < -0.4 is 10.2 Å². The number of nitrogens with one attached hydrogen (secondary N) is 1. The third kappa shape index (κ3) is 2.21. The van der Waals surface area contributed by atoms with Crippen molar-refractivity contribution in [3.8, 4) is 0 Å². The van der Waals surface area contributed by atoms with Crippen molar-refractivity contribution in [1.29, 1.82) is 0 Å². The van der Waals surface area contributed by atoms with Gasteiger partial charge in [0.2, 0.25) is 5.95 Å². The summed E-state index contributed by atoms with van der Waals surface area (Å²) in [5.74, 6) is 0.373. The van der Waals surface area contributed by atoms with Gasteiger partial charge in [0.25, 0.3) is 0 Å². The highest BCUT2D eigenvalue weighted by atomic mass is 19.1. The molecule has 1 aliphatic heterocycles. The summed E-state index contributed by atoms with van der Waals surface area (Å²) in [5.41, 5.74) is 0. The lowest BCUT2D eigenvalue weighted by Crippen LogP contribution is -2.42. The highest BCUT2D eigenvalue weighted by Gasteiger charge is 2.21. The predicted molar refractivity (Wildman–Crippen MR) is 59.2 cm³/mol. The highest BCUT2D eigenvalue weighted by Crippen LogP contribution is 2.19. The molecule has 0 radical (unpaired) electrons. The first-order valence-corrected chi connectivity index (χ1v) is 5.27. The van der Waals surface area contributed by atoms with E-state index < -0.39 is 5.82 Å². The summed E-state index contributed by atoms with van der Waals surface area (Å²) >= 11 is 0. The molecule has 88 valence electrons. The molecule has 16 heavy (non-hydrogen) atoms. The van der Waals surface area contributed by atoms with Crippen LogP contribution in [0.1, 0.15) is 6.92 Å². The van der Waals surface area contributed by atoms with Gasteiger partial charge in [0.05, 0.1) is 18.9 Å². The Kier molecular flexibility index (Phi) is 3.19. The molecule has 0 aliphatic carbocycles. The molecule has 6 heteroatoms. The molecule has 0 spiro atoms. The van der Waals surface area contributed by atoms with Gasteiger partial charge < -0.3 is 15.0 Å². The van der Waals surface area contributed by atoms with Crippen LogP contribution in [0.15, 0.2) is 6.20 Å². The number of halogens is 1. The van der Waals surface area contributed by atoms with Crippen LogP contribution in [0.2, 0.25) is 0 Å². The summed E-state index contributed by atoms with van der Waals surface area (Å²) in [7, 11) is 1.71. The summed E-state index contributed by atoms with van der Waals surface area (Å²) in [5, 5.41) is 2.80. The lowest BCUT2D eigenvalue weighted by Gasteiger charge is -2.32. The molecule has 2 heterocycles. The first-order chi connectivity index (χ1) is 7.70. The summed E-state index contributed by atoms with van der Waals surface area (Å²) in [6.07, 6.45) is 1.29. The van der Waals surface area contributed by atoms with Crippen molar-refractivity contribution >= 4 is 11.8 Å². The molecule has 1 N–H and O–H groups in total. The van der Waals surface area contributed by atoms with Gasteiger partial charge in [-0.2, -0.15) is 4.98 Å². The van der Waals surface area contributed by atoms with Crippen molar-refractivity contribution in [3.05, 3.63) is 12.0 Å². The monoisotopic (exact) mass is 226 g/mol. The van der Waals surface area contributed by atoms with E-state index in [0.717, 1.165) is 0 Å². The number of aromatic nitrogens is 2. The molecule has 0 bridgehead atoms. The maximum Gasteiger partial charge on any atom is 0.224 e. The minimum absolute atomic E-state index is 0.0983. The Labute approximate surface area is 93.6 Å². The zero-order chi connectivity index (χ0) is 11.5. The minimum Gasteiger partial charge on any atom is -0.375 e. The Morgan fingerprint density at radius 3 is 3.12 bits per heavy atom. The standard InChI is InChI=1S/C10H15FN4O/c1-7-6-15(3-4-16-7)9-8(11)5-13-10(12-2)14-9/h5,7H,3-4,6H2,1-2H3,(H,12,13,14). The average molecular weight is 226 g/mol. The van der Waals surface area contributed by atoms with E-state index in [1.807, 2.05) is 11.8 Å². The van der Waals surface area contributed by atoms with Gasteiger partial charge in [0, 0.05) is 20.1 Å². The second kappa shape index (κ2) is 4.61. The third-order valence-corrected chi connectivity index (χ3v) is 2.49. The summed E-state index contributed by atoms with van der Waals surface area (Å²) in [4.78, 5) is 9.82. The summed E-state index contributed by atoms with van der Waals surface area (Å²) in [6.45, 7) is 3.86. The van der Waals surface area contributed by atoms with Gasteiger partial charge >= 0.3 is 0 Å². The topological polar surface area (TPSA) is 50.3 Å². The molecule has 1 atom stereocenters. The van der Waals surface area contributed by atoms with E-state index in [-0.39, 0.29) is 6.10 Å². The van der Waals surface area contributed by atoms with Crippen molar-refractivity contribution < 1.29 is 9.13 Å². The van der Waals surface area contributed by atoms with Gasteiger partial charge in [-0.3, -0.25) is 0 Å². The normalized spacial score (nSPS) is 20.9. The number of morpholine rings is 1. The molecule has 2 rings (SSSR count). The molecule has 1 unspecified atom stereocenters. The molecule has 0 aromatic carbocycles. The summed E-state index contributed by atoms with van der Waals surface area (Å²) in [6, 6.07) is 0. The van der Waals surface area contributed by atoms with E-state index in [9.17, 15) is 4.39 Å². The van der Waals surface area contributed by atoms with Crippen LogP contribution in [0.4, 0.5) is 16.2 Å². The van der Waals surface area contributed by atoms with Crippen LogP contribution in [0.5, 0.6) is 0 Å². The maximum absolute atomic E-state index is 13.6. The fourth-order valence-corrected chi connectivity index (χ4v) is 1.71. The van der Waals surface area contributed by atoms with E-state index >= 15 is 0 Å². The average Bonchev–Trinajstić information content (AvgIpc) is 2.30. The predicted octanol–water partition coefficient (Wildman–Crippen LogP) is 0.882. The van der Waals surface area contributed by atoms with Crippen LogP contribution in [-0.2, 0) is 4.74 Å². The molecule has 5 nitrogen and oxygen atoms in total. The molecule has 0 amide bonds. The zero-order valence-electron chi connectivity index (χ0n) is 9.40. The van der Waals surface area contributed by atoms with Gasteiger partial charge in [-0.05, 0) is 6.92 Å². The van der Waals surface area contributed by atoms with Crippen molar-refractivity contribution in [2.75, 3.05) is 37.0 Å². The van der Waals surface area contributed by atoms with Crippen molar-refractivity contribution in [2.45, 2.75) is 13.0 Å². The number of ether oxygens (including phenoxy) is 1. The molecule has 0 saturated carbocycles. The maximum atomic E-state index is 13.6. The quantitative estimate of drug-likeness (QED) is 0.811. The molecule has 1 aliphatic rings. The van der Waals surface area contributed by atoms with Gasteiger partial charge in [-0.1, -0.05) is 0 Å². The Bertz CT molecular complexity index is 374. The smallest absolute Gasteiger partial charge is 0.224 e. The second-order valence-electron chi connectivity index (χ2n) is 3.74. The Balaban J connectivity index is 2.24. The lowest BCUT2D eigenvalue weighted by molar-refractivity contribution is 0.0527.